The van der Waals surface area contributed by atoms with Crippen molar-refractivity contribution in [2.75, 3.05) is 18.5 Å². The summed E-state index contributed by atoms with van der Waals surface area (Å²) in [4.78, 5) is 2.02. The molecule has 2 nitrogen and oxygen atoms in total. The average molecular weight is 258 g/mol. The van der Waals surface area contributed by atoms with Gasteiger partial charge in [-0.2, -0.15) is 0 Å². The fourth-order valence-corrected chi connectivity index (χ4v) is 2.27. The number of halogens is 1. The van der Waals surface area contributed by atoms with E-state index in [2.05, 4.69) is 6.07 Å². The summed E-state index contributed by atoms with van der Waals surface area (Å²) < 4.78 is 13.9. The third kappa shape index (κ3) is 2.93. The first kappa shape index (κ1) is 13.6. The first-order valence-electron chi connectivity index (χ1n) is 6.37. The van der Waals surface area contributed by atoms with E-state index in [4.69, 9.17) is 5.73 Å². The highest BCUT2D eigenvalue weighted by Gasteiger charge is 2.19. The van der Waals surface area contributed by atoms with Crippen molar-refractivity contribution < 1.29 is 4.39 Å². The Labute approximate surface area is 113 Å². The minimum atomic E-state index is -0.211. The van der Waals surface area contributed by atoms with Crippen LogP contribution in [0.5, 0.6) is 0 Å². The third-order valence-corrected chi connectivity index (χ3v) is 3.36. The van der Waals surface area contributed by atoms with Gasteiger partial charge < -0.3 is 10.6 Å². The van der Waals surface area contributed by atoms with Gasteiger partial charge in [0.2, 0.25) is 0 Å². The zero-order valence-corrected chi connectivity index (χ0v) is 11.3. The van der Waals surface area contributed by atoms with Crippen LogP contribution in [0, 0.1) is 12.7 Å². The molecule has 0 aromatic heterocycles. The number of nitrogens with zero attached hydrogens (tertiary/aromatic N) is 1. The van der Waals surface area contributed by atoms with Crippen molar-refractivity contribution in [3.63, 3.8) is 0 Å². The Hall–Kier alpha value is -1.87. The van der Waals surface area contributed by atoms with Crippen molar-refractivity contribution in [3.8, 4) is 0 Å². The van der Waals surface area contributed by atoms with Gasteiger partial charge in [0.1, 0.15) is 5.82 Å². The number of hydrogen-bond acceptors (Lipinski definition) is 2. The number of anilines is 1. The molecule has 0 radical (unpaired) electrons. The van der Waals surface area contributed by atoms with E-state index >= 15 is 0 Å². The summed E-state index contributed by atoms with van der Waals surface area (Å²) in [5.74, 6) is -0.211. The molecule has 0 saturated carbocycles. The maximum atomic E-state index is 13.9. The molecule has 2 aromatic carbocycles. The molecule has 0 spiro atoms. The summed E-state index contributed by atoms with van der Waals surface area (Å²) in [5, 5.41) is 0. The number of aryl methyl sites for hydroxylation is 1. The Kier molecular flexibility index (Phi) is 4.17. The van der Waals surface area contributed by atoms with Crippen LogP contribution in [0.4, 0.5) is 10.1 Å². The van der Waals surface area contributed by atoms with Gasteiger partial charge in [-0.05, 0) is 30.7 Å². The van der Waals surface area contributed by atoms with Crippen LogP contribution in [0.2, 0.25) is 0 Å². The van der Waals surface area contributed by atoms with E-state index in [1.807, 2.05) is 43.1 Å². The van der Waals surface area contributed by atoms with Crippen molar-refractivity contribution in [2.24, 2.45) is 5.73 Å². The molecule has 0 saturated heterocycles. The monoisotopic (exact) mass is 258 g/mol. The molecule has 19 heavy (non-hydrogen) atoms. The van der Waals surface area contributed by atoms with Gasteiger partial charge in [0.05, 0.1) is 6.04 Å². The molecule has 0 fully saturated rings. The average Bonchev–Trinajstić information content (AvgIpc) is 2.41. The predicted molar refractivity (Wildman–Crippen MR) is 77.8 cm³/mol. The molecule has 0 aliphatic heterocycles. The topological polar surface area (TPSA) is 29.3 Å². The van der Waals surface area contributed by atoms with Crippen molar-refractivity contribution in [3.05, 3.63) is 65.5 Å². The normalized spacial score (nSPS) is 12.2. The number of nitrogens with two attached hydrogens (primary N) is 1. The molecule has 0 aliphatic carbocycles. The van der Waals surface area contributed by atoms with Gasteiger partial charge in [0.15, 0.2) is 0 Å². The number of hydrogen-bond donors (Lipinski definition) is 1. The van der Waals surface area contributed by atoms with Crippen LogP contribution in [0.15, 0.2) is 48.5 Å². The maximum absolute atomic E-state index is 13.9. The van der Waals surface area contributed by atoms with E-state index in [1.165, 1.54) is 11.6 Å². The summed E-state index contributed by atoms with van der Waals surface area (Å²) in [6.07, 6.45) is 0. The Morgan fingerprint density at radius 1 is 1.16 bits per heavy atom. The van der Waals surface area contributed by atoms with Gasteiger partial charge in [0.25, 0.3) is 0 Å². The predicted octanol–water partition coefficient (Wildman–Crippen LogP) is 3.27. The molecule has 2 N–H and O–H groups in total. The Bertz CT molecular complexity index is 554. The highest BCUT2D eigenvalue weighted by Crippen LogP contribution is 2.26. The second-order valence-corrected chi connectivity index (χ2v) is 4.72. The largest absolute Gasteiger partial charge is 0.366 e. The van der Waals surface area contributed by atoms with Gasteiger partial charge in [-0.15, -0.1) is 0 Å². The fraction of sp³-hybridized carbons (Fsp3) is 0.250. The molecule has 2 aromatic rings. The number of likely N-dealkylation sites (N-methyl/N-ethyl adjacent to an activating group) is 1. The molecular formula is C16H19FN2. The zero-order valence-electron chi connectivity index (χ0n) is 11.3. The molecule has 1 atom stereocenters. The van der Waals surface area contributed by atoms with Crippen LogP contribution in [-0.4, -0.2) is 13.6 Å². The molecular weight excluding hydrogens is 239 g/mol. The van der Waals surface area contributed by atoms with Crippen molar-refractivity contribution >= 4 is 5.69 Å². The standard InChI is InChI=1S/C16H19FN2/c1-12-6-5-7-13(10-12)19(2)16(11-18)14-8-3-4-9-15(14)17/h3-10,16H,11,18H2,1-2H3. The lowest BCUT2D eigenvalue weighted by Crippen LogP contribution is -2.31. The van der Waals surface area contributed by atoms with Gasteiger partial charge in [-0.1, -0.05) is 30.3 Å². The summed E-state index contributed by atoms with van der Waals surface area (Å²) in [6, 6.07) is 14.8. The van der Waals surface area contributed by atoms with Gasteiger partial charge >= 0.3 is 0 Å². The first-order chi connectivity index (χ1) is 9.13. The van der Waals surface area contributed by atoms with Crippen LogP contribution >= 0.6 is 0 Å². The Morgan fingerprint density at radius 2 is 1.89 bits per heavy atom. The number of benzene rings is 2. The zero-order chi connectivity index (χ0) is 13.8. The van der Waals surface area contributed by atoms with Crippen LogP contribution in [0.25, 0.3) is 0 Å². The van der Waals surface area contributed by atoms with E-state index in [0.29, 0.717) is 12.1 Å². The van der Waals surface area contributed by atoms with E-state index in [0.717, 1.165) is 5.69 Å². The minimum absolute atomic E-state index is 0.164. The minimum Gasteiger partial charge on any atom is -0.366 e. The van der Waals surface area contributed by atoms with E-state index in [9.17, 15) is 4.39 Å². The Morgan fingerprint density at radius 3 is 2.53 bits per heavy atom. The second kappa shape index (κ2) is 5.85. The third-order valence-electron chi connectivity index (χ3n) is 3.36. The lowest BCUT2D eigenvalue weighted by atomic mass is 10.0. The quantitative estimate of drug-likeness (QED) is 0.912. The maximum Gasteiger partial charge on any atom is 0.128 e. The summed E-state index contributed by atoms with van der Waals surface area (Å²) in [6.45, 7) is 2.41. The SMILES string of the molecule is Cc1cccc(N(C)C(CN)c2ccccc2F)c1. The highest BCUT2D eigenvalue weighted by atomic mass is 19.1. The molecule has 2 rings (SSSR count). The molecule has 1 unspecified atom stereocenters. The van der Waals surface area contributed by atoms with E-state index in [-0.39, 0.29) is 11.9 Å². The highest BCUT2D eigenvalue weighted by molar-refractivity contribution is 5.50. The molecule has 3 heteroatoms. The summed E-state index contributed by atoms with van der Waals surface area (Å²) in [5.41, 5.74) is 8.69. The van der Waals surface area contributed by atoms with E-state index in [1.54, 1.807) is 12.1 Å². The fourth-order valence-electron chi connectivity index (χ4n) is 2.27. The summed E-state index contributed by atoms with van der Waals surface area (Å²) in [7, 11) is 1.94. The molecule has 0 aliphatic rings. The van der Waals surface area contributed by atoms with Gasteiger partial charge in [0, 0.05) is 24.8 Å². The van der Waals surface area contributed by atoms with Crippen LogP contribution in [0.1, 0.15) is 17.2 Å². The van der Waals surface area contributed by atoms with E-state index < -0.39 is 0 Å². The smallest absolute Gasteiger partial charge is 0.128 e. The van der Waals surface area contributed by atoms with Crippen LogP contribution in [0.3, 0.4) is 0 Å². The number of rotatable bonds is 4. The van der Waals surface area contributed by atoms with Crippen LogP contribution < -0.4 is 10.6 Å². The van der Waals surface area contributed by atoms with Crippen LogP contribution in [-0.2, 0) is 0 Å². The second-order valence-electron chi connectivity index (χ2n) is 4.72. The van der Waals surface area contributed by atoms with Crippen molar-refractivity contribution in [1.29, 1.82) is 0 Å². The lowest BCUT2D eigenvalue weighted by Gasteiger charge is -2.30. The Balaban J connectivity index is 2.35. The lowest BCUT2D eigenvalue weighted by molar-refractivity contribution is 0.573. The molecule has 0 amide bonds. The molecule has 0 bridgehead atoms. The molecule has 100 valence electrons. The van der Waals surface area contributed by atoms with Gasteiger partial charge in [-0.3, -0.25) is 0 Å². The summed E-state index contributed by atoms with van der Waals surface area (Å²) >= 11 is 0. The van der Waals surface area contributed by atoms with Gasteiger partial charge in [-0.25, -0.2) is 4.39 Å². The molecule has 0 heterocycles. The van der Waals surface area contributed by atoms with Crippen molar-refractivity contribution in [1.82, 2.24) is 0 Å². The first-order valence-corrected chi connectivity index (χ1v) is 6.37. The van der Waals surface area contributed by atoms with Crippen molar-refractivity contribution in [2.45, 2.75) is 13.0 Å².